The zero-order valence-electron chi connectivity index (χ0n) is 10.8. The molecule has 1 heterocycles. The van der Waals surface area contributed by atoms with Gasteiger partial charge in [0, 0.05) is 12.2 Å². The zero-order valence-corrected chi connectivity index (χ0v) is 10.8. The van der Waals surface area contributed by atoms with Crippen LogP contribution in [0, 0.1) is 18.3 Å². The van der Waals surface area contributed by atoms with E-state index in [1.165, 1.54) is 0 Å². The van der Waals surface area contributed by atoms with Gasteiger partial charge in [-0.3, -0.25) is 0 Å². The molecule has 0 aliphatic heterocycles. The molecule has 0 unspecified atom stereocenters. The van der Waals surface area contributed by atoms with E-state index in [1.54, 1.807) is 13.2 Å². The number of nitriles is 1. The monoisotopic (exact) mass is 254 g/mol. The van der Waals surface area contributed by atoms with Gasteiger partial charge in [-0.15, -0.1) is 0 Å². The Morgan fingerprint density at radius 3 is 2.89 bits per heavy atom. The number of rotatable bonds is 4. The minimum absolute atomic E-state index is 0.362. The van der Waals surface area contributed by atoms with Gasteiger partial charge in [0.15, 0.2) is 0 Å². The van der Waals surface area contributed by atoms with Gasteiger partial charge >= 0.3 is 0 Å². The summed E-state index contributed by atoms with van der Waals surface area (Å²) >= 11 is 0. The van der Waals surface area contributed by atoms with Gasteiger partial charge < -0.3 is 10.1 Å². The standard InChI is InChI=1S/C14H14N4O/c1-10-6-12(8-15)18-14(17-10)16-9-11-4-3-5-13(7-11)19-2/h3-7H,9H2,1-2H3,(H,16,17,18). The highest BCUT2D eigenvalue weighted by molar-refractivity contribution is 5.35. The Morgan fingerprint density at radius 2 is 2.16 bits per heavy atom. The summed E-state index contributed by atoms with van der Waals surface area (Å²) in [7, 11) is 1.63. The molecule has 1 N–H and O–H groups in total. The fourth-order valence-electron chi connectivity index (χ4n) is 1.67. The second-order valence-corrected chi connectivity index (χ2v) is 4.04. The molecule has 2 aromatic rings. The van der Waals surface area contributed by atoms with Gasteiger partial charge in [-0.1, -0.05) is 12.1 Å². The lowest BCUT2D eigenvalue weighted by Gasteiger charge is -2.07. The molecule has 0 amide bonds. The van der Waals surface area contributed by atoms with Crippen molar-refractivity contribution in [3.8, 4) is 11.8 Å². The molecule has 0 radical (unpaired) electrons. The molecule has 0 aliphatic rings. The predicted octanol–water partition coefficient (Wildman–Crippen LogP) is 2.28. The van der Waals surface area contributed by atoms with Crippen molar-refractivity contribution in [2.24, 2.45) is 0 Å². The third kappa shape index (κ3) is 3.42. The Balaban J connectivity index is 2.10. The lowest BCUT2D eigenvalue weighted by molar-refractivity contribution is 0.414. The van der Waals surface area contributed by atoms with Crippen molar-refractivity contribution >= 4 is 5.95 Å². The topological polar surface area (TPSA) is 70.8 Å². The predicted molar refractivity (Wildman–Crippen MR) is 71.8 cm³/mol. The number of aryl methyl sites for hydroxylation is 1. The Hall–Kier alpha value is -2.61. The molecule has 0 atom stereocenters. The summed E-state index contributed by atoms with van der Waals surface area (Å²) in [5.74, 6) is 1.27. The maximum atomic E-state index is 8.86. The molecule has 5 nitrogen and oxygen atoms in total. The van der Waals surface area contributed by atoms with Crippen molar-refractivity contribution in [1.29, 1.82) is 5.26 Å². The van der Waals surface area contributed by atoms with E-state index in [-0.39, 0.29) is 0 Å². The highest BCUT2D eigenvalue weighted by atomic mass is 16.5. The summed E-state index contributed by atoms with van der Waals surface area (Å²) in [6.07, 6.45) is 0. The third-order valence-electron chi connectivity index (χ3n) is 2.55. The number of nitrogens with one attached hydrogen (secondary N) is 1. The summed E-state index contributed by atoms with van der Waals surface area (Å²) in [6, 6.07) is 11.4. The molecule has 5 heteroatoms. The fourth-order valence-corrected chi connectivity index (χ4v) is 1.67. The molecule has 0 fully saturated rings. The van der Waals surface area contributed by atoms with Gasteiger partial charge in [-0.25, -0.2) is 9.97 Å². The highest BCUT2D eigenvalue weighted by Crippen LogP contribution is 2.13. The molecule has 1 aromatic heterocycles. The summed E-state index contributed by atoms with van der Waals surface area (Å²) in [5, 5.41) is 12.0. The maximum absolute atomic E-state index is 8.86. The van der Waals surface area contributed by atoms with Gasteiger partial charge in [-0.05, 0) is 30.7 Å². The van der Waals surface area contributed by atoms with E-state index >= 15 is 0 Å². The van der Waals surface area contributed by atoms with E-state index in [1.807, 2.05) is 37.3 Å². The van der Waals surface area contributed by atoms with Crippen molar-refractivity contribution in [3.63, 3.8) is 0 Å². The zero-order chi connectivity index (χ0) is 13.7. The smallest absolute Gasteiger partial charge is 0.224 e. The Labute approximate surface area is 111 Å². The molecule has 2 rings (SSSR count). The summed E-state index contributed by atoms with van der Waals surface area (Å²) in [4.78, 5) is 8.33. The summed E-state index contributed by atoms with van der Waals surface area (Å²) in [5.41, 5.74) is 2.18. The van der Waals surface area contributed by atoms with Crippen molar-refractivity contribution in [2.75, 3.05) is 12.4 Å². The maximum Gasteiger partial charge on any atom is 0.224 e. The van der Waals surface area contributed by atoms with E-state index < -0.39 is 0 Å². The van der Waals surface area contributed by atoms with Gasteiger partial charge in [0.25, 0.3) is 0 Å². The minimum atomic E-state index is 0.362. The molecular formula is C14H14N4O. The van der Waals surface area contributed by atoms with Crippen LogP contribution in [0.3, 0.4) is 0 Å². The number of hydrogen-bond donors (Lipinski definition) is 1. The number of nitrogens with zero attached hydrogens (tertiary/aromatic N) is 3. The molecule has 0 aliphatic carbocycles. The average Bonchev–Trinajstić information content (AvgIpc) is 2.44. The molecule has 0 saturated heterocycles. The van der Waals surface area contributed by atoms with Gasteiger partial charge in [-0.2, -0.15) is 5.26 Å². The fraction of sp³-hybridized carbons (Fsp3) is 0.214. The van der Waals surface area contributed by atoms with Crippen LogP contribution in [0.5, 0.6) is 5.75 Å². The molecule has 1 aromatic carbocycles. The van der Waals surface area contributed by atoms with Crippen molar-refractivity contribution in [1.82, 2.24) is 9.97 Å². The van der Waals surface area contributed by atoms with Crippen molar-refractivity contribution < 1.29 is 4.74 Å². The average molecular weight is 254 g/mol. The van der Waals surface area contributed by atoms with Crippen molar-refractivity contribution in [2.45, 2.75) is 13.5 Å². The van der Waals surface area contributed by atoms with Crippen LogP contribution in [-0.2, 0) is 6.54 Å². The first-order valence-electron chi connectivity index (χ1n) is 5.84. The number of benzene rings is 1. The van der Waals surface area contributed by atoms with Crippen LogP contribution in [-0.4, -0.2) is 17.1 Å². The van der Waals surface area contributed by atoms with E-state index in [0.29, 0.717) is 18.2 Å². The number of anilines is 1. The quantitative estimate of drug-likeness (QED) is 0.906. The van der Waals surface area contributed by atoms with E-state index in [4.69, 9.17) is 10.00 Å². The van der Waals surface area contributed by atoms with Gasteiger partial charge in [0.1, 0.15) is 17.5 Å². The Kier molecular flexibility index (Phi) is 3.94. The molecule has 19 heavy (non-hydrogen) atoms. The second kappa shape index (κ2) is 5.83. The van der Waals surface area contributed by atoms with Gasteiger partial charge in [0.2, 0.25) is 5.95 Å². The van der Waals surface area contributed by atoms with Crippen LogP contribution in [0.1, 0.15) is 17.0 Å². The minimum Gasteiger partial charge on any atom is -0.497 e. The number of ether oxygens (including phenoxy) is 1. The SMILES string of the molecule is COc1cccc(CNc2nc(C)cc(C#N)n2)c1. The first kappa shape index (κ1) is 12.8. The van der Waals surface area contributed by atoms with Crippen LogP contribution in [0.4, 0.5) is 5.95 Å². The van der Waals surface area contributed by atoms with Crippen LogP contribution in [0.15, 0.2) is 30.3 Å². The summed E-state index contributed by atoms with van der Waals surface area (Å²) < 4.78 is 5.16. The number of methoxy groups -OCH3 is 1. The highest BCUT2D eigenvalue weighted by Gasteiger charge is 2.02. The normalized spacial score (nSPS) is 9.74. The van der Waals surface area contributed by atoms with E-state index in [2.05, 4.69) is 15.3 Å². The lowest BCUT2D eigenvalue weighted by Crippen LogP contribution is -2.05. The Morgan fingerprint density at radius 1 is 1.32 bits per heavy atom. The summed E-state index contributed by atoms with van der Waals surface area (Å²) in [6.45, 7) is 2.41. The number of aromatic nitrogens is 2. The largest absolute Gasteiger partial charge is 0.497 e. The van der Waals surface area contributed by atoms with Gasteiger partial charge in [0.05, 0.1) is 7.11 Å². The number of hydrogen-bond acceptors (Lipinski definition) is 5. The van der Waals surface area contributed by atoms with E-state index in [9.17, 15) is 0 Å². The second-order valence-electron chi connectivity index (χ2n) is 4.04. The lowest BCUT2D eigenvalue weighted by atomic mass is 10.2. The molecule has 96 valence electrons. The Bertz CT molecular complexity index is 619. The van der Waals surface area contributed by atoms with Crippen LogP contribution >= 0.6 is 0 Å². The molecule has 0 bridgehead atoms. The van der Waals surface area contributed by atoms with Crippen LogP contribution < -0.4 is 10.1 Å². The molecule has 0 saturated carbocycles. The molecule has 0 spiro atoms. The van der Waals surface area contributed by atoms with E-state index in [0.717, 1.165) is 17.0 Å². The third-order valence-corrected chi connectivity index (χ3v) is 2.55. The first-order valence-corrected chi connectivity index (χ1v) is 5.84. The molecular weight excluding hydrogens is 240 g/mol. The van der Waals surface area contributed by atoms with Crippen LogP contribution in [0.2, 0.25) is 0 Å². The first-order chi connectivity index (χ1) is 9.21. The van der Waals surface area contributed by atoms with Crippen molar-refractivity contribution in [3.05, 3.63) is 47.3 Å². The van der Waals surface area contributed by atoms with Crippen LogP contribution in [0.25, 0.3) is 0 Å².